The first-order chi connectivity index (χ1) is 10.4. The number of nitrogens with one attached hydrogen (secondary N) is 1. The topological polar surface area (TPSA) is 51.0 Å². The molecule has 1 aromatic heterocycles. The highest BCUT2D eigenvalue weighted by atomic mass is 16.5. The van der Waals surface area contributed by atoms with E-state index in [0.29, 0.717) is 5.92 Å². The van der Waals surface area contributed by atoms with Crippen LogP contribution in [-0.2, 0) is 13.0 Å². The molecule has 2 aromatic rings. The Hall–Kier alpha value is -1.68. The molecule has 1 aromatic carbocycles. The summed E-state index contributed by atoms with van der Waals surface area (Å²) in [6.45, 7) is 0.877. The van der Waals surface area contributed by atoms with Gasteiger partial charge in [0.1, 0.15) is 0 Å². The van der Waals surface area contributed by atoms with E-state index in [1.54, 1.807) is 0 Å². The maximum absolute atomic E-state index is 5.55. The van der Waals surface area contributed by atoms with Gasteiger partial charge in [0.25, 0.3) is 0 Å². The number of fused-ring (bicyclic) bond motifs is 1. The second-order valence-electron chi connectivity index (χ2n) is 6.23. The van der Waals surface area contributed by atoms with E-state index in [-0.39, 0.29) is 6.04 Å². The molecule has 1 saturated carbocycles. The Kier molecular flexibility index (Phi) is 3.47. The van der Waals surface area contributed by atoms with Gasteiger partial charge in [-0.25, -0.2) is 0 Å². The first-order valence-electron chi connectivity index (χ1n) is 8.04. The van der Waals surface area contributed by atoms with Crippen LogP contribution in [0.15, 0.2) is 28.8 Å². The van der Waals surface area contributed by atoms with Gasteiger partial charge >= 0.3 is 0 Å². The van der Waals surface area contributed by atoms with Crippen LogP contribution in [0.25, 0.3) is 0 Å². The van der Waals surface area contributed by atoms with Crippen LogP contribution >= 0.6 is 0 Å². The van der Waals surface area contributed by atoms with Crippen LogP contribution < -0.4 is 5.32 Å². The van der Waals surface area contributed by atoms with Crippen LogP contribution in [0.2, 0.25) is 0 Å². The molecule has 1 aliphatic heterocycles. The van der Waals surface area contributed by atoms with Crippen molar-refractivity contribution in [3.05, 3.63) is 47.1 Å². The van der Waals surface area contributed by atoms with Crippen LogP contribution in [-0.4, -0.2) is 10.1 Å². The van der Waals surface area contributed by atoms with E-state index in [0.717, 1.165) is 24.7 Å². The van der Waals surface area contributed by atoms with Crippen molar-refractivity contribution in [2.45, 2.75) is 57.0 Å². The van der Waals surface area contributed by atoms with E-state index in [1.807, 2.05) is 0 Å². The molecule has 110 valence electrons. The Bertz CT molecular complexity index is 616. The lowest BCUT2D eigenvalue weighted by atomic mass is 9.89. The average Bonchev–Trinajstić information content (AvgIpc) is 3.05. The van der Waals surface area contributed by atoms with Crippen molar-refractivity contribution in [2.75, 3.05) is 0 Å². The zero-order valence-corrected chi connectivity index (χ0v) is 12.2. The maximum atomic E-state index is 5.55. The van der Waals surface area contributed by atoms with Gasteiger partial charge in [-0.05, 0) is 30.4 Å². The SMILES string of the molecule is c1ccc2c(c1)CN[C@@H](c1nc(C3CCCCC3)no1)C2. The summed E-state index contributed by atoms with van der Waals surface area (Å²) in [5.74, 6) is 2.18. The third-order valence-corrected chi connectivity index (χ3v) is 4.81. The summed E-state index contributed by atoms with van der Waals surface area (Å²) in [6, 6.07) is 8.73. The Labute approximate surface area is 124 Å². The van der Waals surface area contributed by atoms with Crippen LogP contribution in [0, 0.1) is 0 Å². The Balaban J connectivity index is 1.51. The molecule has 0 amide bonds. The molecule has 0 saturated heterocycles. The number of nitrogens with zero attached hydrogens (tertiary/aromatic N) is 2. The molecule has 0 unspecified atom stereocenters. The standard InChI is InChI=1S/C17H21N3O/c1-2-6-12(7-3-1)16-19-17(21-20-16)15-10-13-8-4-5-9-14(13)11-18-15/h4-5,8-9,12,15,18H,1-3,6-7,10-11H2/t15-/m1/s1. The first-order valence-corrected chi connectivity index (χ1v) is 8.04. The van der Waals surface area contributed by atoms with Crippen LogP contribution in [0.4, 0.5) is 0 Å². The number of aromatic nitrogens is 2. The van der Waals surface area contributed by atoms with E-state index in [1.165, 1.54) is 43.2 Å². The fourth-order valence-corrected chi connectivity index (χ4v) is 3.54. The highest BCUT2D eigenvalue weighted by molar-refractivity contribution is 5.30. The highest BCUT2D eigenvalue weighted by Gasteiger charge is 2.26. The van der Waals surface area contributed by atoms with Crippen molar-refractivity contribution in [3.63, 3.8) is 0 Å². The monoisotopic (exact) mass is 283 g/mol. The smallest absolute Gasteiger partial charge is 0.244 e. The molecule has 4 rings (SSSR count). The van der Waals surface area contributed by atoms with E-state index < -0.39 is 0 Å². The predicted molar refractivity (Wildman–Crippen MR) is 79.9 cm³/mol. The largest absolute Gasteiger partial charge is 0.338 e. The average molecular weight is 283 g/mol. The number of hydrogen-bond donors (Lipinski definition) is 1. The quantitative estimate of drug-likeness (QED) is 0.916. The third kappa shape index (κ3) is 2.60. The molecule has 1 atom stereocenters. The van der Waals surface area contributed by atoms with Crippen molar-refractivity contribution < 1.29 is 4.52 Å². The minimum Gasteiger partial charge on any atom is -0.338 e. The molecule has 2 heterocycles. The summed E-state index contributed by atoms with van der Waals surface area (Å²) < 4.78 is 5.55. The molecule has 0 radical (unpaired) electrons. The number of hydrogen-bond acceptors (Lipinski definition) is 4. The lowest BCUT2D eigenvalue weighted by molar-refractivity contribution is 0.314. The summed E-state index contributed by atoms with van der Waals surface area (Å²) >= 11 is 0. The molecule has 0 spiro atoms. The molecule has 1 aliphatic carbocycles. The second kappa shape index (κ2) is 5.60. The summed E-state index contributed by atoms with van der Waals surface area (Å²) in [5.41, 5.74) is 2.76. The van der Waals surface area contributed by atoms with Crippen LogP contribution in [0.5, 0.6) is 0 Å². The van der Waals surface area contributed by atoms with Crippen LogP contribution in [0.3, 0.4) is 0 Å². The summed E-state index contributed by atoms with van der Waals surface area (Å²) in [6.07, 6.45) is 7.29. The zero-order chi connectivity index (χ0) is 14.1. The van der Waals surface area contributed by atoms with Gasteiger partial charge < -0.3 is 9.84 Å². The molecule has 1 fully saturated rings. The van der Waals surface area contributed by atoms with E-state index >= 15 is 0 Å². The van der Waals surface area contributed by atoms with Crippen LogP contribution in [0.1, 0.15) is 66.9 Å². The molecule has 1 N–H and O–H groups in total. The maximum Gasteiger partial charge on any atom is 0.244 e. The molecule has 2 aliphatic rings. The van der Waals surface area contributed by atoms with Crippen molar-refractivity contribution in [1.29, 1.82) is 0 Å². The summed E-state index contributed by atoms with van der Waals surface area (Å²) in [5, 5.41) is 7.76. The summed E-state index contributed by atoms with van der Waals surface area (Å²) in [7, 11) is 0. The number of benzene rings is 1. The van der Waals surface area contributed by atoms with Crippen molar-refractivity contribution in [3.8, 4) is 0 Å². The van der Waals surface area contributed by atoms with E-state index in [2.05, 4.69) is 34.7 Å². The van der Waals surface area contributed by atoms with E-state index in [4.69, 9.17) is 9.51 Å². The molecular weight excluding hydrogens is 262 g/mol. The van der Waals surface area contributed by atoms with Gasteiger partial charge in [-0.3, -0.25) is 0 Å². The molecule has 21 heavy (non-hydrogen) atoms. The van der Waals surface area contributed by atoms with Crippen molar-refractivity contribution in [1.82, 2.24) is 15.5 Å². The van der Waals surface area contributed by atoms with Gasteiger partial charge in [-0.2, -0.15) is 4.98 Å². The molecular formula is C17H21N3O. The lowest BCUT2D eigenvalue weighted by Crippen LogP contribution is -2.28. The van der Waals surface area contributed by atoms with Gasteiger partial charge in [-0.15, -0.1) is 0 Å². The van der Waals surface area contributed by atoms with Gasteiger partial charge in [0.05, 0.1) is 6.04 Å². The first kappa shape index (κ1) is 13.0. The fraction of sp³-hybridized carbons (Fsp3) is 0.529. The van der Waals surface area contributed by atoms with Crippen molar-refractivity contribution >= 4 is 0 Å². The van der Waals surface area contributed by atoms with E-state index in [9.17, 15) is 0 Å². The predicted octanol–water partition coefficient (Wildman–Crippen LogP) is 3.50. The van der Waals surface area contributed by atoms with Crippen molar-refractivity contribution in [2.24, 2.45) is 0 Å². The minimum absolute atomic E-state index is 0.157. The third-order valence-electron chi connectivity index (χ3n) is 4.81. The lowest BCUT2D eigenvalue weighted by Gasteiger charge is -2.23. The molecule has 4 nitrogen and oxygen atoms in total. The molecule has 4 heteroatoms. The van der Waals surface area contributed by atoms with Gasteiger partial charge in [0, 0.05) is 12.5 Å². The fourth-order valence-electron chi connectivity index (χ4n) is 3.54. The Morgan fingerprint density at radius 3 is 2.71 bits per heavy atom. The normalized spacial score (nSPS) is 23.0. The van der Waals surface area contributed by atoms with Gasteiger partial charge in [0.15, 0.2) is 5.82 Å². The minimum atomic E-state index is 0.157. The molecule has 0 bridgehead atoms. The zero-order valence-electron chi connectivity index (χ0n) is 12.2. The Morgan fingerprint density at radius 2 is 1.86 bits per heavy atom. The number of rotatable bonds is 2. The van der Waals surface area contributed by atoms with Gasteiger partial charge in [-0.1, -0.05) is 48.7 Å². The van der Waals surface area contributed by atoms with Gasteiger partial charge in [0.2, 0.25) is 5.89 Å². The summed E-state index contributed by atoms with van der Waals surface area (Å²) in [4.78, 5) is 4.69. The highest BCUT2D eigenvalue weighted by Crippen LogP contribution is 2.32. The Morgan fingerprint density at radius 1 is 1.05 bits per heavy atom. The second-order valence-corrected chi connectivity index (χ2v) is 6.23.